The highest BCUT2D eigenvalue weighted by Gasteiger charge is 2.41. The molecule has 0 saturated heterocycles. The van der Waals surface area contributed by atoms with Crippen molar-refractivity contribution in [3.63, 3.8) is 0 Å². The molecule has 0 aliphatic heterocycles. The second-order valence-corrected chi connectivity index (χ2v) is 4.58. The molecule has 0 heterocycles. The third kappa shape index (κ3) is 3.11. The van der Waals surface area contributed by atoms with E-state index in [4.69, 9.17) is 5.73 Å². The van der Waals surface area contributed by atoms with Crippen LogP contribution >= 0.6 is 12.4 Å². The summed E-state index contributed by atoms with van der Waals surface area (Å²) in [6.07, 6.45) is 5.32. The topological polar surface area (TPSA) is 46.3 Å². The van der Waals surface area contributed by atoms with Crippen molar-refractivity contribution in [3.8, 4) is 0 Å². The summed E-state index contributed by atoms with van der Waals surface area (Å²) in [5.74, 6) is 0.298. The third-order valence-electron chi connectivity index (χ3n) is 3.57. The molecule has 1 aliphatic carbocycles. The fraction of sp³-hybridized carbons (Fsp3) is 0.917. The summed E-state index contributed by atoms with van der Waals surface area (Å²) in [6.45, 7) is 6.37. The van der Waals surface area contributed by atoms with Crippen molar-refractivity contribution >= 4 is 18.3 Å². The van der Waals surface area contributed by atoms with Gasteiger partial charge in [0.25, 0.3) is 0 Å². The van der Waals surface area contributed by atoms with Gasteiger partial charge in [0.05, 0.1) is 5.41 Å². The molecule has 1 fully saturated rings. The Kier molecular flexibility index (Phi) is 7.00. The molecule has 0 bridgehead atoms. The molecule has 1 amide bonds. The fourth-order valence-corrected chi connectivity index (χ4v) is 2.57. The molecular formula is C12H25ClN2O. The van der Waals surface area contributed by atoms with Crippen LogP contribution in [-0.4, -0.2) is 30.4 Å². The highest BCUT2D eigenvalue weighted by molar-refractivity contribution is 5.85. The second kappa shape index (κ2) is 7.13. The maximum Gasteiger partial charge on any atom is 0.230 e. The molecule has 0 aromatic rings. The molecule has 0 atom stereocenters. The molecule has 0 unspecified atom stereocenters. The number of nitrogens with zero attached hydrogens (tertiary/aromatic N) is 1. The highest BCUT2D eigenvalue weighted by Crippen LogP contribution is 2.38. The Bertz CT molecular complexity index is 215. The van der Waals surface area contributed by atoms with Gasteiger partial charge in [-0.2, -0.15) is 0 Å². The van der Waals surface area contributed by atoms with E-state index in [9.17, 15) is 4.79 Å². The summed E-state index contributed by atoms with van der Waals surface area (Å²) in [4.78, 5) is 14.3. The average molecular weight is 249 g/mol. The van der Waals surface area contributed by atoms with Gasteiger partial charge in [-0.25, -0.2) is 0 Å². The van der Waals surface area contributed by atoms with Crippen LogP contribution in [0.4, 0.5) is 0 Å². The minimum absolute atomic E-state index is 0. The Morgan fingerprint density at radius 3 is 2.25 bits per heavy atom. The zero-order valence-electron chi connectivity index (χ0n) is 10.5. The number of nitrogens with two attached hydrogens (primary N) is 1. The standard InChI is InChI=1S/C12H24N2O.ClH/c1-3-9-14(4-2)11(15)12(10-13)7-5-6-8-12;/h3-10,13H2,1-2H3;1H. The highest BCUT2D eigenvalue weighted by atomic mass is 35.5. The number of hydrogen-bond donors (Lipinski definition) is 1. The van der Waals surface area contributed by atoms with Crippen LogP contribution in [0.2, 0.25) is 0 Å². The van der Waals surface area contributed by atoms with Gasteiger partial charge in [0.2, 0.25) is 5.91 Å². The fourth-order valence-electron chi connectivity index (χ4n) is 2.57. The lowest BCUT2D eigenvalue weighted by molar-refractivity contribution is -0.141. The molecule has 2 N–H and O–H groups in total. The number of amides is 1. The van der Waals surface area contributed by atoms with E-state index in [2.05, 4.69) is 6.92 Å². The summed E-state index contributed by atoms with van der Waals surface area (Å²) in [7, 11) is 0. The van der Waals surface area contributed by atoms with E-state index in [0.717, 1.165) is 45.2 Å². The molecule has 1 saturated carbocycles. The Labute approximate surface area is 105 Å². The zero-order chi connectivity index (χ0) is 11.3. The minimum atomic E-state index is -0.217. The SMILES string of the molecule is CCCN(CC)C(=O)C1(CN)CCCC1.Cl. The quantitative estimate of drug-likeness (QED) is 0.811. The minimum Gasteiger partial charge on any atom is -0.342 e. The van der Waals surface area contributed by atoms with Gasteiger partial charge in [-0.15, -0.1) is 12.4 Å². The van der Waals surface area contributed by atoms with Crippen molar-refractivity contribution in [1.82, 2.24) is 4.90 Å². The first-order chi connectivity index (χ1) is 7.20. The lowest BCUT2D eigenvalue weighted by atomic mass is 9.84. The van der Waals surface area contributed by atoms with Gasteiger partial charge in [-0.1, -0.05) is 19.8 Å². The summed E-state index contributed by atoms with van der Waals surface area (Å²) >= 11 is 0. The maximum absolute atomic E-state index is 12.4. The smallest absolute Gasteiger partial charge is 0.230 e. The Balaban J connectivity index is 0.00000225. The van der Waals surface area contributed by atoms with E-state index >= 15 is 0 Å². The number of rotatable bonds is 5. The van der Waals surface area contributed by atoms with E-state index in [1.54, 1.807) is 0 Å². The molecule has 0 spiro atoms. The van der Waals surface area contributed by atoms with Crippen LogP contribution < -0.4 is 5.73 Å². The number of hydrogen-bond acceptors (Lipinski definition) is 2. The molecular weight excluding hydrogens is 224 g/mol. The first-order valence-corrected chi connectivity index (χ1v) is 6.19. The molecule has 3 nitrogen and oxygen atoms in total. The first kappa shape index (κ1) is 15.7. The van der Waals surface area contributed by atoms with Crippen molar-refractivity contribution in [2.75, 3.05) is 19.6 Å². The molecule has 0 aromatic carbocycles. The van der Waals surface area contributed by atoms with Crippen LogP contribution in [0.1, 0.15) is 46.0 Å². The Morgan fingerprint density at radius 2 is 1.88 bits per heavy atom. The van der Waals surface area contributed by atoms with Crippen molar-refractivity contribution in [2.24, 2.45) is 11.1 Å². The van der Waals surface area contributed by atoms with Gasteiger partial charge in [0.15, 0.2) is 0 Å². The molecule has 16 heavy (non-hydrogen) atoms. The van der Waals surface area contributed by atoms with Gasteiger partial charge < -0.3 is 10.6 Å². The van der Waals surface area contributed by atoms with Crippen LogP contribution in [0.3, 0.4) is 0 Å². The Hall–Kier alpha value is -0.280. The van der Waals surface area contributed by atoms with Crippen LogP contribution in [0.25, 0.3) is 0 Å². The largest absolute Gasteiger partial charge is 0.342 e. The van der Waals surface area contributed by atoms with E-state index in [1.165, 1.54) is 0 Å². The predicted octanol–water partition coefficient (Wildman–Crippen LogP) is 2.19. The number of halogens is 1. The van der Waals surface area contributed by atoms with Crippen LogP contribution in [0.5, 0.6) is 0 Å². The molecule has 0 aromatic heterocycles. The van der Waals surface area contributed by atoms with Crippen molar-refractivity contribution in [1.29, 1.82) is 0 Å². The normalized spacial score (nSPS) is 17.9. The molecule has 96 valence electrons. The summed E-state index contributed by atoms with van der Waals surface area (Å²) in [6, 6.07) is 0. The van der Waals surface area contributed by atoms with Gasteiger partial charge >= 0.3 is 0 Å². The number of carbonyl (C=O) groups excluding carboxylic acids is 1. The van der Waals surface area contributed by atoms with E-state index in [1.807, 2.05) is 11.8 Å². The van der Waals surface area contributed by atoms with Gasteiger partial charge in [0.1, 0.15) is 0 Å². The first-order valence-electron chi connectivity index (χ1n) is 6.19. The zero-order valence-corrected chi connectivity index (χ0v) is 11.3. The van der Waals surface area contributed by atoms with Crippen LogP contribution in [-0.2, 0) is 4.79 Å². The number of carbonyl (C=O) groups is 1. The summed E-state index contributed by atoms with van der Waals surface area (Å²) in [5.41, 5.74) is 5.59. The van der Waals surface area contributed by atoms with E-state index in [-0.39, 0.29) is 17.8 Å². The molecule has 0 radical (unpaired) electrons. The molecule has 1 aliphatic rings. The van der Waals surface area contributed by atoms with Crippen LogP contribution in [0.15, 0.2) is 0 Å². The predicted molar refractivity (Wildman–Crippen MR) is 69.7 cm³/mol. The lowest BCUT2D eigenvalue weighted by Gasteiger charge is -2.32. The van der Waals surface area contributed by atoms with Crippen molar-refractivity contribution < 1.29 is 4.79 Å². The maximum atomic E-state index is 12.4. The monoisotopic (exact) mass is 248 g/mol. The van der Waals surface area contributed by atoms with Gasteiger partial charge in [-0.05, 0) is 26.2 Å². The van der Waals surface area contributed by atoms with Crippen LogP contribution in [0, 0.1) is 5.41 Å². The lowest BCUT2D eigenvalue weighted by Crippen LogP contribution is -2.46. The van der Waals surface area contributed by atoms with Crippen molar-refractivity contribution in [2.45, 2.75) is 46.0 Å². The summed E-state index contributed by atoms with van der Waals surface area (Å²) < 4.78 is 0. The average Bonchev–Trinajstić information content (AvgIpc) is 2.74. The van der Waals surface area contributed by atoms with Gasteiger partial charge in [0, 0.05) is 19.6 Å². The van der Waals surface area contributed by atoms with Gasteiger partial charge in [-0.3, -0.25) is 4.79 Å². The third-order valence-corrected chi connectivity index (χ3v) is 3.57. The summed E-state index contributed by atoms with van der Waals surface area (Å²) in [5, 5.41) is 0. The van der Waals surface area contributed by atoms with E-state index < -0.39 is 0 Å². The van der Waals surface area contributed by atoms with Crippen molar-refractivity contribution in [3.05, 3.63) is 0 Å². The second-order valence-electron chi connectivity index (χ2n) is 4.58. The van der Waals surface area contributed by atoms with E-state index in [0.29, 0.717) is 12.5 Å². The molecule has 4 heteroatoms. The Morgan fingerprint density at radius 1 is 1.31 bits per heavy atom. The molecule has 1 rings (SSSR count).